The van der Waals surface area contributed by atoms with Gasteiger partial charge in [-0.3, -0.25) is 0 Å². The number of anilines is 1. The second-order valence-electron chi connectivity index (χ2n) is 4.91. The predicted octanol–water partition coefficient (Wildman–Crippen LogP) is 2.62. The Bertz CT molecular complexity index is 370. The molecule has 2 rings (SSSR count). The molecule has 0 atom stereocenters. The summed E-state index contributed by atoms with van der Waals surface area (Å²) in [7, 11) is 0. The number of aryl methyl sites for hydroxylation is 1. The highest BCUT2D eigenvalue weighted by Crippen LogP contribution is 2.28. The molecule has 3 heteroatoms. The first-order valence-corrected chi connectivity index (χ1v) is 6.68. The number of rotatable bonds is 4. The third-order valence-electron chi connectivity index (χ3n) is 3.72. The molecule has 1 aromatic rings. The number of aromatic nitrogens is 1. The Labute approximate surface area is 104 Å². The predicted molar refractivity (Wildman–Crippen MR) is 72.1 cm³/mol. The lowest BCUT2D eigenvalue weighted by Gasteiger charge is -2.30. The van der Waals surface area contributed by atoms with Crippen LogP contribution in [-0.2, 0) is 6.54 Å². The topological polar surface area (TPSA) is 42.2 Å². The van der Waals surface area contributed by atoms with Crippen LogP contribution in [0.2, 0.25) is 0 Å². The zero-order valence-corrected chi connectivity index (χ0v) is 10.9. The maximum atomic E-state index is 5.65. The van der Waals surface area contributed by atoms with Gasteiger partial charge in [-0.1, -0.05) is 12.8 Å². The standard InChI is InChI=1S/C14H23N3/c1-3-17(13-6-4-5-7-13)14-11(2)8-12(9-15)10-16-14/h8,10,13H,3-7,9,15H2,1-2H3. The molecule has 0 aromatic carbocycles. The van der Waals surface area contributed by atoms with E-state index in [-0.39, 0.29) is 0 Å². The van der Waals surface area contributed by atoms with Crippen molar-refractivity contribution in [2.75, 3.05) is 11.4 Å². The van der Waals surface area contributed by atoms with E-state index in [2.05, 4.69) is 29.8 Å². The summed E-state index contributed by atoms with van der Waals surface area (Å²) in [5, 5.41) is 0. The van der Waals surface area contributed by atoms with Gasteiger partial charge in [0.1, 0.15) is 5.82 Å². The Morgan fingerprint density at radius 1 is 1.41 bits per heavy atom. The Kier molecular flexibility index (Phi) is 4.00. The Morgan fingerprint density at radius 2 is 2.12 bits per heavy atom. The normalized spacial score (nSPS) is 16.4. The first kappa shape index (κ1) is 12.4. The summed E-state index contributed by atoms with van der Waals surface area (Å²) in [4.78, 5) is 7.07. The van der Waals surface area contributed by atoms with Gasteiger partial charge in [0.25, 0.3) is 0 Å². The summed E-state index contributed by atoms with van der Waals surface area (Å²) in [5.74, 6) is 1.15. The fourth-order valence-electron chi connectivity index (χ4n) is 2.83. The Balaban J connectivity index is 2.23. The quantitative estimate of drug-likeness (QED) is 0.869. The van der Waals surface area contributed by atoms with Crippen LogP contribution in [0.15, 0.2) is 12.3 Å². The molecule has 1 aliphatic rings. The van der Waals surface area contributed by atoms with Gasteiger partial charge >= 0.3 is 0 Å². The highest BCUT2D eigenvalue weighted by molar-refractivity contribution is 5.48. The first-order chi connectivity index (χ1) is 8.26. The SMILES string of the molecule is CCN(c1ncc(CN)cc1C)C1CCCC1. The van der Waals surface area contributed by atoms with Crippen LogP contribution in [0.25, 0.3) is 0 Å². The molecule has 17 heavy (non-hydrogen) atoms. The summed E-state index contributed by atoms with van der Waals surface area (Å²) in [5.41, 5.74) is 8.02. The minimum Gasteiger partial charge on any atom is -0.354 e. The molecule has 1 aromatic heterocycles. The highest BCUT2D eigenvalue weighted by Gasteiger charge is 2.23. The smallest absolute Gasteiger partial charge is 0.131 e. The maximum absolute atomic E-state index is 5.65. The Hall–Kier alpha value is -1.09. The van der Waals surface area contributed by atoms with E-state index in [1.54, 1.807) is 0 Å². The van der Waals surface area contributed by atoms with Crippen molar-refractivity contribution in [2.45, 2.75) is 52.1 Å². The third-order valence-corrected chi connectivity index (χ3v) is 3.72. The summed E-state index contributed by atoms with van der Waals surface area (Å²) >= 11 is 0. The van der Waals surface area contributed by atoms with Crippen LogP contribution in [0.4, 0.5) is 5.82 Å². The molecule has 0 radical (unpaired) electrons. The van der Waals surface area contributed by atoms with E-state index in [1.165, 1.54) is 31.2 Å². The van der Waals surface area contributed by atoms with Gasteiger partial charge in [-0.15, -0.1) is 0 Å². The summed E-state index contributed by atoms with van der Waals surface area (Å²) in [6.45, 7) is 5.97. The molecular formula is C14H23N3. The zero-order valence-electron chi connectivity index (χ0n) is 10.9. The molecule has 0 saturated heterocycles. The van der Waals surface area contributed by atoms with Crippen molar-refractivity contribution in [1.29, 1.82) is 0 Å². The van der Waals surface area contributed by atoms with Crippen LogP contribution in [0.5, 0.6) is 0 Å². The van der Waals surface area contributed by atoms with Crippen LogP contribution < -0.4 is 10.6 Å². The first-order valence-electron chi connectivity index (χ1n) is 6.68. The highest BCUT2D eigenvalue weighted by atomic mass is 15.2. The molecular weight excluding hydrogens is 210 g/mol. The number of hydrogen-bond donors (Lipinski definition) is 1. The molecule has 94 valence electrons. The molecule has 3 nitrogen and oxygen atoms in total. The van der Waals surface area contributed by atoms with Gasteiger partial charge in [-0.05, 0) is 43.9 Å². The molecule has 1 aliphatic carbocycles. The minimum absolute atomic E-state index is 0.573. The second kappa shape index (κ2) is 5.50. The molecule has 0 spiro atoms. The molecule has 0 aliphatic heterocycles. The van der Waals surface area contributed by atoms with E-state index in [0.29, 0.717) is 12.6 Å². The van der Waals surface area contributed by atoms with Gasteiger partial charge in [0.15, 0.2) is 0 Å². The monoisotopic (exact) mass is 233 g/mol. The van der Waals surface area contributed by atoms with E-state index < -0.39 is 0 Å². The fraction of sp³-hybridized carbons (Fsp3) is 0.643. The molecule has 0 amide bonds. The van der Waals surface area contributed by atoms with E-state index in [0.717, 1.165) is 17.9 Å². The van der Waals surface area contributed by atoms with E-state index in [1.807, 2.05) is 6.20 Å². The molecule has 1 heterocycles. The van der Waals surface area contributed by atoms with Crippen molar-refractivity contribution in [2.24, 2.45) is 5.73 Å². The lowest BCUT2D eigenvalue weighted by molar-refractivity contribution is 0.611. The maximum Gasteiger partial charge on any atom is 0.131 e. The second-order valence-corrected chi connectivity index (χ2v) is 4.91. The molecule has 2 N–H and O–H groups in total. The van der Waals surface area contributed by atoms with Crippen LogP contribution in [-0.4, -0.2) is 17.6 Å². The fourth-order valence-corrected chi connectivity index (χ4v) is 2.83. The number of pyridine rings is 1. The van der Waals surface area contributed by atoms with Gasteiger partial charge in [0.05, 0.1) is 0 Å². The molecule has 0 bridgehead atoms. The zero-order chi connectivity index (χ0) is 12.3. The lowest BCUT2D eigenvalue weighted by atomic mass is 10.1. The largest absolute Gasteiger partial charge is 0.354 e. The lowest BCUT2D eigenvalue weighted by Crippen LogP contribution is -2.34. The van der Waals surface area contributed by atoms with Gasteiger partial charge < -0.3 is 10.6 Å². The molecule has 1 saturated carbocycles. The van der Waals surface area contributed by atoms with Crippen molar-refractivity contribution < 1.29 is 0 Å². The van der Waals surface area contributed by atoms with Gasteiger partial charge in [0, 0.05) is 25.3 Å². The van der Waals surface area contributed by atoms with Gasteiger partial charge in [0.2, 0.25) is 0 Å². The van der Waals surface area contributed by atoms with Crippen molar-refractivity contribution in [3.8, 4) is 0 Å². The van der Waals surface area contributed by atoms with Crippen molar-refractivity contribution in [3.05, 3.63) is 23.4 Å². The number of hydrogen-bond acceptors (Lipinski definition) is 3. The number of nitrogens with zero attached hydrogens (tertiary/aromatic N) is 2. The van der Waals surface area contributed by atoms with E-state index in [4.69, 9.17) is 5.73 Å². The minimum atomic E-state index is 0.573. The van der Waals surface area contributed by atoms with Gasteiger partial charge in [-0.25, -0.2) is 4.98 Å². The Morgan fingerprint density at radius 3 is 2.65 bits per heavy atom. The van der Waals surface area contributed by atoms with Crippen molar-refractivity contribution in [1.82, 2.24) is 4.98 Å². The number of nitrogens with two attached hydrogens (primary N) is 1. The van der Waals surface area contributed by atoms with Crippen molar-refractivity contribution in [3.63, 3.8) is 0 Å². The van der Waals surface area contributed by atoms with Crippen LogP contribution in [0.1, 0.15) is 43.7 Å². The molecule has 1 fully saturated rings. The summed E-state index contributed by atoms with van der Waals surface area (Å²) in [6.07, 6.45) is 7.27. The van der Waals surface area contributed by atoms with E-state index in [9.17, 15) is 0 Å². The average molecular weight is 233 g/mol. The van der Waals surface area contributed by atoms with Crippen LogP contribution in [0.3, 0.4) is 0 Å². The van der Waals surface area contributed by atoms with Gasteiger partial charge in [-0.2, -0.15) is 0 Å². The van der Waals surface area contributed by atoms with Crippen molar-refractivity contribution >= 4 is 5.82 Å². The summed E-state index contributed by atoms with van der Waals surface area (Å²) in [6, 6.07) is 2.86. The summed E-state index contributed by atoms with van der Waals surface area (Å²) < 4.78 is 0. The van der Waals surface area contributed by atoms with Crippen LogP contribution >= 0.6 is 0 Å². The average Bonchev–Trinajstić information content (AvgIpc) is 2.85. The third kappa shape index (κ3) is 2.60. The van der Waals surface area contributed by atoms with Crippen LogP contribution in [0, 0.1) is 6.92 Å². The molecule has 0 unspecified atom stereocenters. The van der Waals surface area contributed by atoms with E-state index >= 15 is 0 Å².